The molecule has 1 saturated carbocycles. The van der Waals surface area contributed by atoms with Crippen LogP contribution >= 0.6 is 0 Å². The zero-order chi connectivity index (χ0) is 10.9. The molecule has 15 heavy (non-hydrogen) atoms. The van der Waals surface area contributed by atoms with Gasteiger partial charge in [-0.1, -0.05) is 12.2 Å². The van der Waals surface area contributed by atoms with E-state index in [1.807, 2.05) is 12.2 Å². The molecular formula is C12H18O3. The number of allylic oxidation sites excluding steroid dienone is 1. The van der Waals surface area contributed by atoms with Crippen LogP contribution in [0.1, 0.15) is 39.0 Å². The van der Waals surface area contributed by atoms with Gasteiger partial charge in [0.1, 0.15) is 5.41 Å². The Morgan fingerprint density at radius 2 is 2.13 bits per heavy atom. The van der Waals surface area contributed by atoms with Gasteiger partial charge in [-0.3, -0.25) is 4.79 Å². The monoisotopic (exact) mass is 210 g/mol. The highest BCUT2D eigenvalue weighted by Gasteiger charge is 2.59. The summed E-state index contributed by atoms with van der Waals surface area (Å²) in [6.07, 6.45) is 7.58. The highest BCUT2D eigenvalue weighted by atomic mass is 16.5. The van der Waals surface area contributed by atoms with E-state index in [0.717, 1.165) is 19.3 Å². The third-order valence-electron chi connectivity index (χ3n) is 3.84. The van der Waals surface area contributed by atoms with Crippen molar-refractivity contribution in [1.29, 1.82) is 0 Å². The van der Waals surface area contributed by atoms with Gasteiger partial charge in [-0.2, -0.15) is 0 Å². The number of carbonyl (C=O) groups excluding carboxylic acids is 1. The minimum Gasteiger partial charge on any atom is -0.465 e. The average molecular weight is 210 g/mol. The third kappa shape index (κ3) is 1.41. The van der Waals surface area contributed by atoms with Gasteiger partial charge >= 0.3 is 5.97 Å². The van der Waals surface area contributed by atoms with Crippen molar-refractivity contribution in [2.24, 2.45) is 5.41 Å². The predicted molar refractivity (Wildman–Crippen MR) is 56.2 cm³/mol. The molecule has 0 aromatic carbocycles. The summed E-state index contributed by atoms with van der Waals surface area (Å²) in [6.45, 7) is 2.20. The average Bonchev–Trinajstić information content (AvgIpc) is 2.56. The van der Waals surface area contributed by atoms with E-state index < -0.39 is 11.0 Å². The number of carbonyl (C=O) groups is 1. The van der Waals surface area contributed by atoms with E-state index in [4.69, 9.17) is 4.74 Å². The Bertz CT molecular complexity index is 297. The van der Waals surface area contributed by atoms with Crippen LogP contribution in [0.25, 0.3) is 0 Å². The predicted octanol–water partition coefficient (Wildman–Crippen LogP) is 1.80. The van der Waals surface area contributed by atoms with E-state index in [1.165, 1.54) is 0 Å². The Labute approximate surface area is 90.1 Å². The summed E-state index contributed by atoms with van der Waals surface area (Å²) >= 11 is 0. The second-order valence-corrected chi connectivity index (χ2v) is 4.57. The van der Waals surface area contributed by atoms with Crippen molar-refractivity contribution >= 4 is 5.97 Å². The molecule has 2 aliphatic rings. The van der Waals surface area contributed by atoms with Crippen molar-refractivity contribution in [3.63, 3.8) is 0 Å². The first-order valence-electron chi connectivity index (χ1n) is 5.69. The molecule has 0 aromatic heterocycles. The molecule has 0 aliphatic heterocycles. The van der Waals surface area contributed by atoms with E-state index >= 15 is 0 Å². The number of hydrogen-bond donors (Lipinski definition) is 1. The molecular weight excluding hydrogens is 192 g/mol. The molecule has 3 heteroatoms. The lowest BCUT2D eigenvalue weighted by molar-refractivity contribution is -0.171. The Hall–Kier alpha value is -0.830. The fourth-order valence-electron chi connectivity index (χ4n) is 2.95. The fraction of sp³-hybridized carbons (Fsp3) is 0.750. The maximum absolute atomic E-state index is 12.0. The zero-order valence-electron chi connectivity index (χ0n) is 9.16. The van der Waals surface area contributed by atoms with Gasteiger partial charge in [0.15, 0.2) is 0 Å². The molecule has 0 bridgehead atoms. The van der Waals surface area contributed by atoms with Crippen molar-refractivity contribution in [2.45, 2.75) is 44.6 Å². The number of fused-ring (bicyclic) bond motifs is 1. The minimum atomic E-state index is -0.853. The first kappa shape index (κ1) is 10.7. The van der Waals surface area contributed by atoms with Gasteiger partial charge in [0, 0.05) is 0 Å². The SMILES string of the molecule is CCOC(=O)[C@@]12CC=CC[C@@]1(O)CCC2. The smallest absolute Gasteiger partial charge is 0.315 e. The quantitative estimate of drug-likeness (QED) is 0.558. The molecule has 0 saturated heterocycles. The molecule has 0 spiro atoms. The molecule has 0 heterocycles. The largest absolute Gasteiger partial charge is 0.465 e. The minimum absolute atomic E-state index is 0.214. The molecule has 2 aliphatic carbocycles. The van der Waals surface area contributed by atoms with Crippen LogP contribution in [0.3, 0.4) is 0 Å². The molecule has 0 aromatic rings. The van der Waals surface area contributed by atoms with E-state index in [-0.39, 0.29) is 5.97 Å². The first-order valence-corrected chi connectivity index (χ1v) is 5.69. The number of esters is 1. The van der Waals surface area contributed by atoms with Crippen LogP contribution < -0.4 is 0 Å². The number of ether oxygens (including phenoxy) is 1. The topological polar surface area (TPSA) is 46.5 Å². The van der Waals surface area contributed by atoms with E-state index in [0.29, 0.717) is 19.4 Å². The van der Waals surface area contributed by atoms with E-state index in [9.17, 15) is 9.90 Å². The van der Waals surface area contributed by atoms with Crippen LogP contribution in [0.5, 0.6) is 0 Å². The third-order valence-corrected chi connectivity index (χ3v) is 3.84. The standard InChI is InChI=1S/C12H18O3/c1-2-15-10(13)11-6-3-4-8-12(11,14)9-5-7-11/h3-4,14H,2,5-9H2,1H3/t11-,12+/m0/s1. The van der Waals surface area contributed by atoms with Gasteiger partial charge < -0.3 is 9.84 Å². The molecule has 0 unspecified atom stereocenters. The van der Waals surface area contributed by atoms with Crippen molar-refractivity contribution < 1.29 is 14.6 Å². The van der Waals surface area contributed by atoms with Crippen LogP contribution in [0.4, 0.5) is 0 Å². The van der Waals surface area contributed by atoms with Crippen molar-refractivity contribution in [2.75, 3.05) is 6.61 Å². The van der Waals surface area contributed by atoms with Crippen LogP contribution in [0, 0.1) is 5.41 Å². The first-order chi connectivity index (χ1) is 7.15. The second-order valence-electron chi connectivity index (χ2n) is 4.57. The summed E-state index contributed by atoms with van der Waals surface area (Å²) in [6, 6.07) is 0. The molecule has 3 nitrogen and oxygen atoms in total. The molecule has 0 radical (unpaired) electrons. The van der Waals surface area contributed by atoms with Gasteiger partial charge in [0.2, 0.25) is 0 Å². The highest BCUT2D eigenvalue weighted by molar-refractivity contribution is 5.79. The fourth-order valence-corrected chi connectivity index (χ4v) is 2.95. The van der Waals surface area contributed by atoms with Crippen LogP contribution in [-0.2, 0) is 9.53 Å². The molecule has 0 amide bonds. The Morgan fingerprint density at radius 1 is 1.40 bits per heavy atom. The lowest BCUT2D eigenvalue weighted by atomic mass is 9.67. The zero-order valence-corrected chi connectivity index (χ0v) is 9.16. The Balaban J connectivity index is 2.30. The molecule has 1 N–H and O–H groups in total. The number of aliphatic hydroxyl groups is 1. The summed E-state index contributed by atoms with van der Waals surface area (Å²) in [5, 5.41) is 10.5. The van der Waals surface area contributed by atoms with Gasteiger partial charge in [-0.15, -0.1) is 0 Å². The van der Waals surface area contributed by atoms with E-state index in [2.05, 4.69) is 0 Å². The number of rotatable bonds is 2. The summed E-state index contributed by atoms with van der Waals surface area (Å²) in [7, 11) is 0. The maximum atomic E-state index is 12.0. The maximum Gasteiger partial charge on any atom is 0.315 e. The van der Waals surface area contributed by atoms with Gasteiger partial charge in [-0.25, -0.2) is 0 Å². The van der Waals surface area contributed by atoms with Gasteiger partial charge in [0.25, 0.3) is 0 Å². The van der Waals surface area contributed by atoms with Gasteiger partial charge in [-0.05, 0) is 39.0 Å². The summed E-state index contributed by atoms with van der Waals surface area (Å²) in [5.74, 6) is -0.214. The molecule has 1 fully saturated rings. The molecule has 84 valence electrons. The van der Waals surface area contributed by atoms with Crippen LogP contribution in [0.15, 0.2) is 12.2 Å². The highest BCUT2D eigenvalue weighted by Crippen LogP contribution is 2.53. The second kappa shape index (κ2) is 3.63. The lowest BCUT2D eigenvalue weighted by Crippen LogP contribution is -2.51. The molecule has 2 atom stereocenters. The number of hydrogen-bond acceptors (Lipinski definition) is 3. The lowest BCUT2D eigenvalue weighted by Gasteiger charge is -2.41. The van der Waals surface area contributed by atoms with E-state index in [1.54, 1.807) is 6.92 Å². The molecule has 2 rings (SSSR count). The summed E-state index contributed by atoms with van der Waals surface area (Å²) < 4.78 is 5.12. The van der Waals surface area contributed by atoms with Crippen molar-refractivity contribution in [3.05, 3.63) is 12.2 Å². The Morgan fingerprint density at radius 3 is 2.87 bits per heavy atom. The normalized spacial score (nSPS) is 38.8. The Kier molecular flexibility index (Phi) is 2.59. The summed E-state index contributed by atoms with van der Waals surface area (Å²) in [5.41, 5.74) is -1.51. The van der Waals surface area contributed by atoms with Crippen LogP contribution in [0.2, 0.25) is 0 Å². The van der Waals surface area contributed by atoms with Gasteiger partial charge in [0.05, 0.1) is 12.2 Å². The van der Waals surface area contributed by atoms with Crippen LogP contribution in [-0.4, -0.2) is 23.3 Å². The van der Waals surface area contributed by atoms with Crippen molar-refractivity contribution in [1.82, 2.24) is 0 Å². The van der Waals surface area contributed by atoms with Crippen molar-refractivity contribution in [3.8, 4) is 0 Å². The summed E-state index contributed by atoms with van der Waals surface area (Å²) in [4.78, 5) is 12.0.